The van der Waals surface area contributed by atoms with Crippen molar-refractivity contribution in [2.75, 3.05) is 13.1 Å². The number of likely N-dealkylation sites (tertiary alicyclic amines) is 1. The summed E-state index contributed by atoms with van der Waals surface area (Å²) in [5.41, 5.74) is 0.212. The fraction of sp³-hybridized carbons (Fsp3) is 0.929. The van der Waals surface area contributed by atoms with Crippen molar-refractivity contribution in [1.82, 2.24) is 10.2 Å². The number of nitrogens with zero attached hydrogens (tertiary/aromatic N) is 1. The Balaban J connectivity index is 1.88. The van der Waals surface area contributed by atoms with Crippen molar-refractivity contribution in [3.63, 3.8) is 0 Å². The fourth-order valence-corrected chi connectivity index (χ4v) is 2.26. The standard InChI is InChI=1S/C14H26N2O/c1-10(2)14(3,4)9-16-8-7-12(13(16)17)15-11-5-6-11/h10-12,15H,5-9H2,1-4H3. The van der Waals surface area contributed by atoms with Crippen LogP contribution >= 0.6 is 0 Å². The van der Waals surface area contributed by atoms with Crippen LogP contribution in [0.3, 0.4) is 0 Å². The minimum Gasteiger partial charge on any atom is -0.341 e. The van der Waals surface area contributed by atoms with Gasteiger partial charge in [-0.05, 0) is 30.6 Å². The van der Waals surface area contributed by atoms with E-state index in [1.807, 2.05) is 0 Å². The molecule has 2 fully saturated rings. The maximum atomic E-state index is 12.2. The number of amides is 1. The summed E-state index contributed by atoms with van der Waals surface area (Å²) in [7, 11) is 0. The molecular formula is C14H26N2O. The first-order chi connectivity index (χ1) is 7.90. The number of carbonyl (C=O) groups is 1. The minimum atomic E-state index is 0.102. The number of nitrogens with one attached hydrogen (secondary N) is 1. The Kier molecular flexibility index (Phi) is 3.48. The topological polar surface area (TPSA) is 32.3 Å². The van der Waals surface area contributed by atoms with E-state index >= 15 is 0 Å². The summed E-state index contributed by atoms with van der Waals surface area (Å²) < 4.78 is 0. The lowest BCUT2D eigenvalue weighted by molar-refractivity contribution is -0.131. The highest BCUT2D eigenvalue weighted by atomic mass is 16.2. The van der Waals surface area contributed by atoms with Crippen molar-refractivity contribution in [2.24, 2.45) is 11.3 Å². The second-order valence-electron chi connectivity index (χ2n) is 6.69. The average molecular weight is 238 g/mol. The van der Waals surface area contributed by atoms with Crippen LogP contribution in [0.1, 0.15) is 47.0 Å². The molecule has 1 saturated carbocycles. The molecule has 1 N–H and O–H groups in total. The number of hydrogen-bond donors (Lipinski definition) is 1. The molecule has 1 amide bonds. The summed E-state index contributed by atoms with van der Waals surface area (Å²) in [5, 5.41) is 3.46. The number of carbonyl (C=O) groups excluding carboxylic acids is 1. The maximum Gasteiger partial charge on any atom is 0.239 e. The normalized spacial score (nSPS) is 26.1. The predicted molar refractivity (Wildman–Crippen MR) is 69.8 cm³/mol. The molecule has 0 spiro atoms. The summed E-state index contributed by atoms with van der Waals surface area (Å²) in [4.78, 5) is 14.3. The van der Waals surface area contributed by atoms with Crippen LogP contribution < -0.4 is 5.32 Å². The Bertz CT molecular complexity index is 295. The first-order valence-corrected chi connectivity index (χ1v) is 6.95. The van der Waals surface area contributed by atoms with Gasteiger partial charge >= 0.3 is 0 Å². The highest BCUT2D eigenvalue weighted by Gasteiger charge is 2.38. The molecule has 0 aromatic rings. The summed E-state index contributed by atoms with van der Waals surface area (Å²) in [6.45, 7) is 10.8. The van der Waals surface area contributed by atoms with Gasteiger partial charge in [0.15, 0.2) is 0 Å². The van der Waals surface area contributed by atoms with Gasteiger partial charge in [-0.1, -0.05) is 27.7 Å². The van der Waals surface area contributed by atoms with Crippen LogP contribution in [-0.2, 0) is 4.79 Å². The van der Waals surface area contributed by atoms with E-state index in [-0.39, 0.29) is 11.5 Å². The van der Waals surface area contributed by atoms with E-state index in [4.69, 9.17) is 0 Å². The van der Waals surface area contributed by atoms with Gasteiger partial charge in [0, 0.05) is 19.1 Å². The van der Waals surface area contributed by atoms with Gasteiger partial charge in [0.25, 0.3) is 0 Å². The van der Waals surface area contributed by atoms with Crippen LogP contribution in [-0.4, -0.2) is 36.0 Å². The van der Waals surface area contributed by atoms with E-state index in [2.05, 4.69) is 37.9 Å². The molecule has 2 rings (SSSR count). The van der Waals surface area contributed by atoms with Gasteiger partial charge in [-0.25, -0.2) is 0 Å². The molecular weight excluding hydrogens is 212 g/mol. The van der Waals surface area contributed by atoms with Crippen molar-refractivity contribution in [2.45, 2.75) is 59.0 Å². The third-order valence-corrected chi connectivity index (χ3v) is 4.47. The first-order valence-electron chi connectivity index (χ1n) is 6.95. The van der Waals surface area contributed by atoms with E-state index in [1.165, 1.54) is 12.8 Å². The molecule has 1 aliphatic carbocycles. The van der Waals surface area contributed by atoms with Crippen molar-refractivity contribution < 1.29 is 4.79 Å². The van der Waals surface area contributed by atoms with Crippen LogP contribution in [0, 0.1) is 11.3 Å². The molecule has 0 aromatic heterocycles. The lowest BCUT2D eigenvalue weighted by Crippen LogP contribution is -2.43. The van der Waals surface area contributed by atoms with E-state index in [1.54, 1.807) is 0 Å². The van der Waals surface area contributed by atoms with Crippen molar-refractivity contribution >= 4 is 5.91 Å². The van der Waals surface area contributed by atoms with Crippen LogP contribution in [0.25, 0.3) is 0 Å². The Morgan fingerprint density at radius 3 is 2.53 bits per heavy atom. The van der Waals surface area contributed by atoms with Gasteiger partial charge in [-0.3, -0.25) is 4.79 Å². The van der Waals surface area contributed by atoms with Crippen LogP contribution in [0.2, 0.25) is 0 Å². The van der Waals surface area contributed by atoms with Crippen molar-refractivity contribution in [1.29, 1.82) is 0 Å². The molecule has 1 atom stereocenters. The molecule has 1 heterocycles. The molecule has 2 aliphatic rings. The smallest absolute Gasteiger partial charge is 0.239 e. The second-order valence-corrected chi connectivity index (χ2v) is 6.69. The molecule has 0 bridgehead atoms. The predicted octanol–water partition coefficient (Wildman–Crippen LogP) is 2.02. The fourth-order valence-electron chi connectivity index (χ4n) is 2.26. The third kappa shape index (κ3) is 3.01. The summed E-state index contributed by atoms with van der Waals surface area (Å²) >= 11 is 0. The highest BCUT2D eigenvalue weighted by molar-refractivity contribution is 5.84. The van der Waals surface area contributed by atoms with Gasteiger partial charge in [-0.2, -0.15) is 0 Å². The molecule has 3 heteroatoms. The quantitative estimate of drug-likeness (QED) is 0.795. The molecule has 3 nitrogen and oxygen atoms in total. The lowest BCUT2D eigenvalue weighted by atomic mass is 9.81. The zero-order chi connectivity index (χ0) is 12.6. The summed E-state index contributed by atoms with van der Waals surface area (Å²) in [6, 6.07) is 0.729. The number of hydrogen-bond acceptors (Lipinski definition) is 2. The maximum absolute atomic E-state index is 12.2. The molecule has 1 unspecified atom stereocenters. The number of rotatable bonds is 5. The van der Waals surface area contributed by atoms with Gasteiger partial charge in [-0.15, -0.1) is 0 Å². The molecule has 0 radical (unpaired) electrons. The average Bonchev–Trinajstić information content (AvgIpc) is 2.98. The Hall–Kier alpha value is -0.570. The summed E-state index contributed by atoms with van der Waals surface area (Å²) in [6.07, 6.45) is 3.49. The van der Waals surface area contributed by atoms with E-state index in [0.29, 0.717) is 17.9 Å². The lowest BCUT2D eigenvalue weighted by Gasteiger charge is -2.33. The van der Waals surface area contributed by atoms with Crippen LogP contribution in [0.15, 0.2) is 0 Å². The van der Waals surface area contributed by atoms with E-state index in [9.17, 15) is 4.79 Å². The Labute approximate surface area is 105 Å². The Morgan fingerprint density at radius 2 is 2.00 bits per heavy atom. The van der Waals surface area contributed by atoms with Gasteiger partial charge in [0.2, 0.25) is 5.91 Å². The second kappa shape index (κ2) is 4.60. The minimum absolute atomic E-state index is 0.102. The molecule has 0 aromatic carbocycles. The first kappa shape index (κ1) is 12.9. The SMILES string of the molecule is CC(C)C(C)(C)CN1CCC(NC2CC2)C1=O. The monoisotopic (exact) mass is 238 g/mol. The van der Waals surface area contributed by atoms with E-state index in [0.717, 1.165) is 19.5 Å². The molecule has 17 heavy (non-hydrogen) atoms. The summed E-state index contributed by atoms with van der Waals surface area (Å²) in [5.74, 6) is 0.927. The van der Waals surface area contributed by atoms with Gasteiger partial charge in [0.1, 0.15) is 0 Å². The van der Waals surface area contributed by atoms with Crippen LogP contribution in [0.4, 0.5) is 0 Å². The van der Waals surface area contributed by atoms with E-state index < -0.39 is 0 Å². The van der Waals surface area contributed by atoms with Gasteiger partial charge in [0.05, 0.1) is 6.04 Å². The van der Waals surface area contributed by atoms with Crippen molar-refractivity contribution in [3.8, 4) is 0 Å². The highest BCUT2D eigenvalue weighted by Crippen LogP contribution is 2.29. The zero-order valence-corrected chi connectivity index (χ0v) is 11.6. The molecule has 1 aliphatic heterocycles. The van der Waals surface area contributed by atoms with Crippen molar-refractivity contribution in [3.05, 3.63) is 0 Å². The molecule has 98 valence electrons. The van der Waals surface area contributed by atoms with Crippen LogP contribution in [0.5, 0.6) is 0 Å². The Morgan fingerprint density at radius 1 is 1.35 bits per heavy atom. The largest absolute Gasteiger partial charge is 0.341 e. The van der Waals surface area contributed by atoms with Gasteiger partial charge < -0.3 is 10.2 Å². The zero-order valence-electron chi connectivity index (χ0n) is 11.6. The third-order valence-electron chi connectivity index (χ3n) is 4.47. The molecule has 1 saturated heterocycles.